The summed E-state index contributed by atoms with van der Waals surface area (Å²) < 4.78 is 25.2. The molecule has 0 unspecified atom stereocenters. The molecular weight excluding hydrogens is 424 g/mol. The van der Waals surface area contributed by atoms with Crippen molar-refractivity contribution >= 4 is 53.9 Å². The van der Waals surface area contributed by atoms with Crippen LogP contribution in [-0.2, 0) is 15.6 Å². The Kier molecular flexibility index (Phi) is 4.38. The third kappa shape index (κ3) is 3.04. The van der Waals surface area contributed by atoms with Gasteiger partial charge in [0.2, 0.25) is 0 Å². The molecule has 19 heavy (non-hydrogen) atoms. The number of benzene rings is 1. The van der Waals surface area contributed by atoms with Crippen LogP contribution in [0.25, 0.3) is 11.4 Å². The minimum absolute atomic E-state index is 0.262. The van der Waals surface area contributed by atoms with Gasteiger partial charge < -0.3 is 0 Å². The van der Waals surface area contributed by atoms with Crippen LogP contribution in [-0.4, -0.2) is 23.2 Å². The summed E-state index contributed by atoms with van der Waals surface area (Å²) in [4.78, 5) is 0. The Balaban J connectivity index is 2.70. The van der Waals surface area contributed by atoms with Crippen molar-refractivity contribution in [3.8, 4) is 11.4 Å². The van der Waals surface area contributed by atoms with Gasteiger partial charge in [0, 0.05) is 31.4 Å². The van der Waals surface area contributed by atoms with E-state index in [2.05, 4.69) is 32.8 Å². The van der Waals surface area contributed by atoms with Crippen molar-refractivity contribution in [3.05, 3.63) is 26.8 Å². The van der Waals surface area contributed by atoms with Crippen molar-refractivity contribution < 1.29 is 8.42 Å². The van der Waals surface area contributed by atoms with Crippen molar-refractivity contribution in [1.29, 1.82) is 0 Å². The summed E-state index contributed by atoms with van der Waals surface area (Å²) in [6.07, 6.45) is 0. The first-order chi connectivity index (χ1) is 8.84. The highest BCUT2D eigenvalue weighted by Gasteiger charge is 2.23. The number of hydrogen-bond donors (Lipinski definition) is 0. The van der Waals surface area contributed by atoms with E-state index in [1.165, 1.54) is 4.57 Å². The fourth-order valence-electron chi connectivity index (χ4n) is 1.62. The third-order valence-electron chi connectivity index (χ3n) is 2.42. The van der Waals surface area contributed by atoms with Crippen LogP contribution in [0.2, 0.25) is 5.02 Å². The molecule has 0 aliphatic carbocycles. The number of rotatable bonds is 3. The molecule has 5 nitrogen and oxygen atoms in total. The summed E-state index contributed by atoms with van der Waals surface area (Å²) in [6.45, 7) is 2.17. The quantitative estimate of drug-likeness (QED) is 0.553. The molecule has 0 amide bonds. The lowest BCUT2D eigenvalue weighted by molar-refractivity contribution is 0.582. The van der Waals surface area contributed by atoms with Gasteiger partial charge in [-0.3, -0.25) is 4.57 Å². The van der Waals surface area contributed by atoms with Crippen LogP contribution in [0.1, 0.15) is 6.92 Å². The molecule has 0 N–H and O–H groups in total. The molecule has 102 valence electrons. The van der Waals surface area contributed by atoms with Gasteiger partial charge in [-0.15, -0.1) is 10.2 Å². The van der Waals surface area contributed by atoms with Crippen LogP contribution in [0.4, 0.5) is 0 Å². The van der Waals surface area contributed by atoms with Gasteiger partial charge in [-0.05, 0) is 47.7 Å². The summed E-state index contributed by atoms with van der Waals surface area (Å²) in [5, 5.41) is 7.84. The van der Waals surface area contributed by atoms with Gasteiger partial charge in [0.1, 0.15) is 0 Å². The molecule has 2 aromatic rings. The largest absolute Gasteiger partial charge is 0.297 e. The first kappa shape index (κ1) is 15.0. The van der Waals surface area contributed by atoms with E-state index in [9.17, 15) is 8.42 Å². The second-order valence-corrected chi connectivity index (χ2v) is 7.67. The van der Waals surface area contributed by atoms with Crippen molar-refractivity contribution in [2.75, 3.05) is 0 Å². The average Bonchev–Trinajstić information content (AvgIpc) is 2.75. The van der Waals surface area contributed by atoms with Gasteiger partial charge in [0.25, 0.3) is 14.2 Å². The predicted octanol–water partition coefficient (Wildman–Crippen LogP) is 3.15. The molecule has 0 saturated carbocycles. The minimum Gasteiger partial charge on any atom is -0.297 e. The lowest BCUT2D eigenvalue weighted by atomic mass is 10.2. The summed E-state index contributed by atoms with van der Waals surface area (Å²) in [5.41, 5.74) is 0.717. The Hall–Kier alpha value is -0.380. The van der Waals surface area contributed by atoms with E-state index < -0.39 is 9.05 Å². The van der Waals surface area contributed by atoms with Gasteiger partial charge >= 0.3 is 0 Å². The maximum atomic E-state index is 11.4. The fraction of sp³-hybridized carbons (Fsp3) is 0.200. The minimum atomic E-state index is -3.93. The Morgan fingerprint density at radius 3 is 2.63 bits per heavy atom. The Morgan fingerprint density at radius 2 is 2.05 bits per heavy atom. The first-order valence-corrected chi connectivity index (χ1v) is 8.94. The standard InChI is InChI=1S/C10H8Cl2IN3O2S/c1-2-16-9(14-15-10(16)19(12,17)18)7-5-6(11)3-4-8(7)13/h3-5H,2H2,1H3. The van der Waals surface area contributed by atoms with E-state index in [0.29, 0.717) is 23.0 Å². The van der Waals surface area contributed by atoms with Gasteiger partial charge in [-0.2, -0.15) is 0 Å². The highest BCUT2D eigenvalue weighted by atomic mass is 127. The molecule has 0 spiro atoms. The van der Waals surface area contributed by atoms with Crippen LogP contribution in [0, 0.1) is 3.57 Å². The molecule has 0 fully saturated rings. The number of aromatic nitrogens is 3. The second-order valence-electron chi connectivity index (χ2n) is 3.61. The maximum Gasteiger partial charge on any atom is 0.296 e. The second kappa shape index (κ2) is 5.55. The molecule has 1 heterocycles. The zero-order chi connectivity index (χ0) is 14.2. The zero-order valence-corrected chi connectivity index (χ0v) is 14.1. The fourth-order valence-corrected chi connectivity index (χ4v) is 3.33. The molecule has 1 aromatic carbocycles. The van der Waals surface area contributed by atoms with Gasteiger partial charge in [0.05, 0.1) is 0 Å². The smallest absolute Gasteiger partial charge is 0.296 e. The molecular formula is C10H8Cl2IN3O2S. The van der Waals surface area contributed by atoms with Crippen molar-refractivity contribution in [1.82, 2.24) is 14.8 Å². The Labute approximate surface area is 133 Å². The van der Waals surface area contributed by atoms with Crippen LogP contribution in [0.15, 0.2) is 23.4 Å². The lowest BCUT2D eigenvalue weighted by Crippen LogP contribution is -2.06. The lowest BCUT2D eigenvalue weighted by Gasteiger charge is -2.07. The van der Waals surface area contributed by atoms with Crippen LogP contribution < -0.4 is 0 Å². The summed E-state index contributed by atoms with van der Waals surface area (Å²) in [5.74, 6) is 0.425. The number of nitrogens with zero attached hydrogens (tertiary/aromatic N) is 3. The third-order valence-corrected chi connectivity index (χ3v) is 4.75. The molecule has 0 bridgehead atoms. The monoisotopic (exact) mass is 431 g/mol. The molecule has 0 radical (unpaired) electrons. The molecule has 0 atom stereocenters. The van der Waals surface area contributed by atoms with Crippen LogP contribution in [0.5, 0.6) is 0 Å². The molecule has 9 heteroatoms. The summed E-state index contributed by atoms with van der Waals surface area (Å²) >= 11 is 8.08. The van der Waals surface area contributed by atoms with Crippen molar-refractivity contribution in [3.63, 3.8) is 0 Å². The first-order valence-electron chi connectivity index (χ1n) is 5.18. The highest BCUT2D eigenvalue weighted by molar-refractivity contribution is 14.1. The van der Waals surface area contributed by atoms with E-state index in [1.54, 1.807) is 19.1 Å². The molecule has 1 aromatic heterocycles. The topological polar surface area (TPSA) is 64.8 Å². The highest BCUT2D eigenvalue weighted by Crippen LogP contribution is 2.28. The average molecular weight is 432 g/mol. The normalized spacial score (nSPS) is 11.8. The van der Waals surface area contributed by atoms with Gasteiger partial charge in [-0.25, -0.2) is 8.42 Å². The zero-order valence-electron chi connectivity index (χ0n) is 9.64. The molecule has 0 saturated heterocycles. The Bertz CT molecular complexity index is 730. The molecule has 0 aliphatic heterocycles. The van der Waals surface area contributed by atoms with Gasteiger partial charge in [-0.1, -0.05) is 11.6 Å². The number of halogens is 3. The van der Waals surface area contributed by atoms with E-state index >= 15 is 0 Å². The van der Waals surface area contributed by atoms with E-state index in [4.69, 9.17) is 22.3 Å². The number of hydrogen-bond acceptors (Lipinski definition) is 4. The predicted molar refractivity (Wildman–Crippen MR) is 81.9 cm³/mol. The summed E-state index contributed by atoms with van der Waals surface area (Å²) in [6, 6.07) is 5.28. The van der Waals surface area contributed by atoms with E-state index in [1.807, 2.05) is 6.07 Å². The maximum absolute atomic E-state index is 11.4. The van der Waals surface area contributed by atoms with E-state index in [-0.39, 0.29) is 5.16 Å². The van der Waals surface area contributed by atoms with Crippen molar-refractivity contribution in [2.45, 2.75) is 18.6 Å². The molecule has 0 aliphatic rings. The SMILES string of the molecule is CCn1c(-c2cc(Cl)ccc2I)nnc1S(=O)(=O)Cl. The van der Waals surface area contributed by atoms with E-state index in [0.717, 1.165) is 3.57 Å². The van der Waals surface area contributed by atoms with Crippen LogP contribution in [0.3, 0.4) is 0 Å². The van der Waals surface area contributed by atoms with Crippen LogP contribution >= 0.6 is 44.9 Å². The Morgan fingerprint density at radius 1 is 1.37 bits per heavy atom. The van der Waals surface area contributed by atoms with Gasteiger partial charge in [0.15, 0.2) is 5.82 Å². The molecule has 2 rings (SSSR count). The summed E-state index contributed by atoms with van der Waals surface area (Å²) in [7, 11) is 1.41. The van der Waals surface area contributed by atoms with Crippen molar-refractivity contribution in [2.24, 2.45) is 0 Å².